The third kappa shape index (κ3) is 2.59. The first kappa shape index (κ1) is 12.3. The van der Waals surface area contributed by atoms with Crippen molar-refractivity contribution in [3.8, 4) is 0 Å². The number of hydrogen-bond acceptors (Lipinski definition) is 4. The number of carboxylic acids is 1. The Balaban J connectivity index is 2.09. The molecule has 2 aromatic rings. The van der Waals surface area contributed by atoms with Crippen molar-refractivity contribution in [1.82, 2.24) is 14.7 Å². The highest BCUT2D eigenvalue weighted by Gasteiger charge is 2.13. The van der Waals surface area contributed by atoms with E-state index < -0.39 is 5.97 Å². The second-order valence-electron chi connectivity index (χ2n) is 3.66. The zero-order valence-electron chi connectivity index (χ0n) is 9.23. The van der Waals surface area contributed by atoms with Crippen LogP contribution in [0.15, 0.2) is 5.38 Å². The Morgan fingerprint density at radius 1 is 1.71 bits per heavy atom. The van der Waals surface area contributed by atoms with Crippen LogP contribution >= 0.6 is 22.9 Å². The van der Waals surface area contributed by atoms with Crippen molar-refractivity contribution in [2.45, 2.75) is 19.9 Å². The Labute approximate surface area is 107 Å². The summed E-state index contributed by atoms with van der Waals surface area (Å²) in [7, 11) is 0. The smallest absolute Gasteiger partial charge is 0.304 e. The fourth-order valence-corrected chi connectivity index (χ4v) is 2.76. The molecule has 2 heterocycles. The Kier molecular flexibility index (Phi) is 3.66. The van der Waals surface area contributed by atoms with Crippen molar-refractivity contribution in [2.24, 2.45) is 0 Å². The maximum absolute atomic E-state index is 10.4. The number of imidazole rings is 1. The summed E-state index contributed by atoms with van der Waals surface area (Å²) in [5.74, 6) is -0.811. The lowest BCUT2D eigenvalue weighted by molar-refractivity contribution is -0.136. The van der Waals surface area contributed by atoms with Gasteiger partial charge in [0.05, 0.1) is 12.1 Å². The minimum Gasteiger partial charge on any atom is -0.481 e. The highest BCUT2D eigenvalue weighted by Crippen LogP contribution is 2.23. The molecule has 0 aliphatic heterocycles. The highest BCUT2D eigenvalue weighted by molar-refractivity contribution is 7.15. The third-order valence-electron chi connectivity index (χ3n) is 2.39. The summed E-state index contributed by atoms with van der Waals surface area (Å²) in [6.07, 6.45) is 0.0994. The zero-order chi connectivity index (χ0) is 12.4. The average molecular weight is 274 g/mol. The first-order valence-corrected chi connectivity index (χ1v) is 6.39. The monoisotopic (exact) mass is 273 g/mol. The van der Waals surface area contributed by atoms with Gasteiger partial charge in [0.25, 0.3) is 0 Å². The number of nitrogens with one attached hydrogen (secondary N) is 1. The van der Waals surface area contributed by atoms with E-state index in [0.717, 1.165) is 16.3 Å². The zero-order valence-corrected chi connectivity index (χ0v) is 10.8. The van der Waals surface area contributed by atoms with Gasteiger partial charge >= 0.3 is 5.97 Å². The molecule has 5 nitrogen and oxygen atoms in total. The van der Waals surface area contributed by atoms with E-state index in [1.165, 1.54) is 11.3 Å². The second kappa shape index (κ2) is 5.03. The summed E-state index contributed by atoms with van der Waals surface area (Å²) in [6.45, 7) is 2.93. The fraction of sp³-hybridized carbons (Fsp3) is 0.400. The predicted octanol–water partition coefficient (Wildman–Crippen LogP) is 1.92. The van der Waals surface area contributed by atoms with E-state index in [4.69, 9.17) is 16.7 Å². The number of aryl methyl sites for hydroxylation is 1. The maximum Gasteiger partial charge on any atom is 0.304 e. The molecule has 0 fully saturated rings. The Morgan fingerprint density at radius 2 is 2.47 bits per heavy atom. The molecule has 92 valence electrons. The summed E-state index contributed by atoms with van der Waals surface area (Å²) in [6, 6.07) is 0. The van der Waals surface area contributed by atoms with Gasteiger partial charge in [0.2, 0.25) is 0 Å². The fourth-order valence-electron chi connectivity index (χ4n) is 1.59. The van der Waals surface area contributed by atoms with Crippen LogP contribution in [-0.4, -0.2) is 27.0 Å². The number of halogens is 1. The van der Waals surface area contributed by atoms with Crippen LogP contribution in [0.25, 0.3) is 4.96 Å². The van der Waals surface area contributed by atoms with Crippen molar-refractivity contribution < 1.29 is 9.90 Å². The highest BCUT2D eigenvalue weighted by atomic mass is 35.5. The molecular weight excluding hydrogens is 262 g/mol. The molecule has 7 heteroatoms. The van der Waals surface area contributed by atoms with E-state index in [0.29, 0.717) is 18.2 Å². The van der Waals surface area contributed by atoms with Crippen molar-refractivity contribution in [3.63, 3.8) is 0 Å². The van der Waals surface area contributed by atoms with E-state index in [9.17, 15) is 4.79 Å². The van der Waals surface area contributed by atoms with Crippen LogP contribution in [0.1, 0.15) is 17.8 Å². The molecule has 17 heavy (non-hydrogen) atoms. The molecule has 0 aromatic carbocycles. The minimum atomic E-state index is -0.811. The molecule has 0 bridgehead atoms. The molecule has 0 amide bonds. The average Bonchev–Trinajstić information content (AvgIpc) is 2.75. The van der Waals surface area contributed by atoms with E-state index in [1.54, 1.807) is 0 Å². The number of fused-ring (bicyclic) bond motifs is 1. The molecule has 2 N–H and O–H groups in total. The van der Waals surface area contributed by atoms with Crippen molar-refractivity contribution >= 4 is 33.9 Å². The van der Waals surface area contributed by atoms with Crippen molar-refractivity contribution in [2.75, 3.05) is 6.54 Å². The van der Waals surface area contributed by atoms with Crippen LogP contribution in [-0.2, 0) is 11.3 Å². The largest absolute Gasteiger partial charge is 0.481 e. The summed E-state index contributed by atoms with van der Waals surface area (Å²) < 4.78 is 1.99. The Hall–Kier alpha value is -1.11. The van der Waals surface area contributed by atoms with Gasteiger partial charge in [-0.2, -0.15) is 0 Å². The molecule has 0 saturated heterocycles. The van der Waals surface area contributed by atoms with E-state index in [1.807, 2.05) is 16.7 Å². The number of carbonyl (C=O) groups is 1. The molecule has 0 unspecified atom stereocenters. The molecule has 0 aliphatic rings. The molecule has 0 radical (unpaired) electrons. The lowest BCUT2D eigenvalue weighted by Crippen LogP contribution is -2.18. The lowest BCUT2D eigenvalue weighted by Gasteiger charge is -2.03. The number of rotatable bonds is 5. The summed E-state index contributed by atoms with van der Waals surface area (Å²) in [5.41, 5.74) is 1.96. The number of aliphatic carboxylic acids is 1. The van der Waals surface area contributed by atoms with Crippen LogP contribution in [0.2, 0.25) is 5.15 Å². The normalized spacial score (nSPS) is 11.2. The molecule has 0 aliphatic carbocycles. The van der Waals surface area contributed by atoms with Crippen LogP contribution in [0.5, 0.6) is 0 Å². The minimum absolute atomic E-state index is 0.0994. The molecule has 0 atom stereocenters. The topological polar surface area (TPSA) is 66.6 Å². The quantitative estimate of drug-likeness (QED) is 0.817. The molecule has 0 spiro atoms. The molecule has 2 rings (SSSR count). The number of carboxylic acid groups (broad SMARTS) is 1. The maximum atomic E-state index is 10.4. The first-order chi connectivity index (χ1) is 8.09. The van der Waals surface area contributed by atoms with Gasteiger partial charge in [-0.15, -0.1) is 11.3 Å². The van der Waals surface area contributed by atoms with Gasteiger partial charge in [0.1, 0.15) is 0 Å². The van der Waals surface area contributed by atoms with Gasteiger partial charge in [-0.1, -0.05) is 11.6 Å². The van der Waals surface area contributed by atoms with Crippen LogP contribution in [0.4, 0.5) is 0 Å². The van der Waals surface area contributed by atoms with Crippen molar-refractivity contribution in [3.05, 3.63) is 21.9 Å². The van der Waals surface area contributed by atoms with Gasteiger partial charge in [-0.3, -0.25) is 9.20 Å². The number of nitrogens with zero attached hydrogens (tertiary/aromatic N) is 2. The SMILES string of the molecule is Cc1csc2nc(Cl)c(CNCCC(=O)O)n12. The van der Waals surface area contributed by atoms with E-state index >= 15 is 0 Å². The van der Waals surface area contributed by atoms with Crippen LogP contribution in [0, 0.1) is 6.92 Å². The number of aromatic nitrogens is 2. The first-order valence-electron chi connectivity index (χ1n) is 5.13. The summed E-state index contributed by atoms with van der Waals surface area (Å²) >= 11 is 7.58. The van der Waals surface area contributed by atoms with Gasteiger partial charge < -0.3 is 10.4 Å². The van der Waals surface area contributed by atoms with Gasteiger partial charge in [0.15, 0.2) is 10.1 Å². The standard InChI is InChI=1S/C10H12ClN3O2S/c1-6-5-17-10-13-9(11)7(14(6)10)4-12-3-2-8(15)16/h5,12H,2-4H2,1H3,(H,15,16). The Morgan fingerprint density at radius 3 is 3.18 bits per heavy atom. The Bertz CT molecular complexity index is 549. The summed E-state index contributed by atoms with van der Waals surface area (Å²) in [5, 5.41) is 14.1. The number of hydrogen-bond donors (Lipinski definition) is 2. The van der Waals surface area contributed by atoms with E-state index in [-0.39, 0.29) is 6.42 Å². The predicted molar refractivity (Wildman–Crippen MR) is 66.8 cm³/mol. The molecular formula is C10H12ClN3O2S. The van der Waals surface area contributed by atoms with Gasteiger partial charge in [-0.25, -0.2) is 4.98 Å². The van der Waals surface area contributed by atoms with Gasteiger partial charge in [0, 0.05) is 24.2 Å². The number of thiazole rings is 1. The molecule has 0 saturated carbocycles. The van der Waals surface area contributed by atoms with Crippen molar-refractivity contribution in [1.29, 1.82) is 0 Å². The summed E-state index contributed by atoms with van der Waals surface area (Å²) in [4.78, 5) is 15.5. The molecule has 2 aromatic heterocycles. The second-order valence-corrected chi connectivity index (χ2v) is 4.86. The van der Waals surface area contributed by atoms with E-state index in [2.05, 4.69) is 10.3 Å². The van der Waals surface area contributed by atoms with Gasteiger partial charge in [-0.05, 0) is 6.92 Å². The third-order valence-corrected chi connectivity index (χ3v) is 3.64. The van der Waals surface area contributed by atoms with Crippen LogP contribution < -0.4 is 5.32 Å². The lowest BCUT2D eigenvalue weighted by atomic mass is 10.4. The van der Waals surface area contributed by atoms with Crippen LogP contribution in [0.3, 0.4) is 0 Å².